The molecule has 1 saturated heterocycles. The van der Waals surface area contributed by atoms with Crippen molar-refractivity contribution in [2.24, 2.45) is 10.4 Å². The summed E-state index contributed by atoms with van der Waals surface area (Å²) in [6.45, 7) is 10.2. The summed E-state index contributed by atoms with van der Waals surface area (Å²) in [6, 6.07) is 3.95. The van der Waals surface area contributed by atoms with Crippen molar-refractivity contribution in [3.8, 4) is 0 Å². The highest BCUT2D eigenvalue weighted by Gasteiger charge is 2.27. The molecule has 1 fully saturated rings. The number of aliphatic imine (C=N–C) groups is 1. The monoisotopic (exact) mass is 395 g/mol. The van der Waals surface area contributed by atoms with Crippen LogP contribution in [-0.4, -0.2) is 50.6 Å². The number of hydrogen-bond acceptors (Lipinski definition) is 3. The highest BCUT2D eigenvalue weighted by molar-refractivity contribution is 5.81. The summed E-state index contributed by atoms with van der Waals surface area (Å²) in [5, 5.41) is 9.34. The number of benzene rings is 1. The number of carbonyl (C=O) groups is 1. The van der Waals surface area contributed by atoms with Gasteiger partial charge < -0.3 is 20.9 Å². The molecule has 0 aliphatic carbocycles. The Balaban J connectivity index is 1.89. The third-order valence-electron chi connectivity index (χ3n) is 4.48. The number of anilines is 1. The molecule has 1 heterocycles. The largest absolute Gasteiger partial charge is 0.365 e. The van der Waals surface area contributed by atoms with Gasteiger partial charge in [0, 0.05) is 37.6 Å². The van der Waals surface area contributed by atoms with Crippen molar-refractivity contribution in [3.63, 3.8) is 0 Å². The number of guanidine groups is 1. The second kappa shape index (κ2) is 9.71. The average molecular weight is 395 g/mol. The van der Waals surface area contributed by atoms with Crippen LogP contribution in [0.4, 0.5) is 14.5 Å². The lowest BCUT2D eigenvalue weighted by Crippen LogP contribution is -2.45. The van der Waals surface area contributed by atoms with Crippen molar-refractivity contribution in [3.05, 3.63) is 29.8 Å². The summed E-state index contributed by atoms with van der Waals surface area (Å²) >= 11 is 0. The zero-order valence-electron chi connectivity index (χ0n) is 17.1. The molecule has 1 aromatic carbocycles. The molecule has 6 nitrogen and oxygen atoms in total. The average Bonchev–Trinajstić information content (AvgIpc) is 3.05. The number of para-hydroxylation sites is 1. The second-order valence-corrected chi connectivity index (χ2v) is 7.91. The quantitative estimate of drug-likeness (QED) is 0.393. The first-order valence-corrected chi connectivity index (χ1v) is 9.74. The highest BCUT2D eigenvalue weighted by atomic mass is 19.1. The molecule has 1 aliphatic rings. The van der Waals surface area contributed by atoms with Crippen LogP contribution in [0.5, 0.6) is 0 Å². The molecular weight excluding hydrogens is 364 g/mol. The van der Waals surface area contributed by atoms with Gasteiger partial charge in [-0.05, 0) is 25.5 Å². The van der Waals surface area contributed by atoms with E-state index in [4.69, 9.17) is 0 Å². The first-order chi connectivity index (χ1) is 13.2. The molecule has 0 aromatic heterocycles. The zero-order chi connectivity index (χ0) is 20.7. The third-order valence-corrected chi connectivity index (χ3v) is 4.48. The van der Waals surface area contributed by atoms with Crippen LogP contribution in [0, 0.1) is 17.0 Å². The van der Waals surface area contributed by atoms with Crippen LogP contribution in [0.1, 0.15) is 34.1 Å². The minimum atomic E-state index is -0.546. The van der Waals surface area contributed by atoms with E-state index < -0.39 is 17.0 Å². The number of nitrogens with zero attached hydrogens (tertiary/aromatic N) is 2. The maximum Gasteiger partial charge on any atom is 0.225 e. The summed E-state index contributed by atoms with van der Waals surface area (Å²) in [4.78, 5) is 18.1. The molecule has 0 bridgehead atoms. The summed E-state index contributed by atoms with van der Waals surface area (Å²) in [5.74, 6) is -0.473. The van der Waals surface area contributed by atoms with Gasteiger partial charge in [-0.3, -0.25) is 9.79 Å². The molecular formula is C20H31F2N5O. The van der Waals surface area contributed by atoms with Gasteiger partial charge in [-0.25, -0.2) is 8.78 Å². The Kier molecular flexibility index (Phi) is 7.60. The topological polar surface area (TPSA) is 68.8 Å². The fourth-order valence-corrected chi connectivity index (χ4v) is 2.99. The van der Waals surface area contributed by atoms with E-state index in [1.807, 2.05) is 27.7 Å². The molecule has 1 atom stereocenters. The first-order valence-electron chi connectivity index (χ1n) is 9.74. The number of amides is 1. The lowest BCUT2D eigenvalue weighted by Gasteiger charge is -2.21. The fourth-order valence-electron chi connectivity index (χ4n) is 2.99. The smallest absolute Gasteiger partial charge is 0.225 e. The molecule has 2 rings (SSSR count). The van der Waals surface area contributed by atoms with Gasteiger partial charge in [0.25, 0.3) is 0 Å². The van der Waals surface area contributed by atoms with Crippen LogP contribution < -0.4 is 20.9 Å². The van der Waals surface area contributed by atoms with Crippen LogP contribution in [0.2, 0.25) is 0 Å². The second-order valence-electron chi connectivity index (χ2n) is 7.91. The van der Waals surface area contributed by atoms with Gasteiger partial charge in [-0.1, -0.05) is 26.8 Å². The van der Waals surface area contributed by atoms with Crippen molar-refractivity contribution in [1.29, 1.82) is 0 Å². The van der Waals surface area contributed by atoms with Crippen LogP contribution in [0.3, 0.4) is 0 Å². The first kappa shape index (κ1) is 21.9. The Morgan fingerprint density at radius 2 is 1.93 bits per heavy atom. The fraction of sp³-hybridized carbons (Fsp3) is 0.600. The predicted molar refractivity (Wildman–Crippen MR) is 109 cm³/mol. The predicted octanol–water partition coefficient (Wildman–Crippen LogP) is 2.26. The van der Waals surface area contributed by atoms with E-state index in [0.29, 0.717) is 38.7 Å². The van der Waals surface area contributed by atoms with Crippen molar-refractivity contribution in [1.82, 2.24) is 16.0 Å². The van der Waals surface area contributed by atoms with Gasteiger partial charge >= 0.3 is 0 Å². The van der Waals surface area contributed by atoms with Gasteiger partial charge in [0.2, 0.25) is 5.91 Å². The van der Waals surface area contributed by atoms with E-state index in [9.17, 15) is 13.6 Å². The van der Waals surface area contributed by atoms with Crippen LogP contribution in [0.15, 0.2) is 23.2 Å². The van der Waals surface area contributed by atoms with Crippen molar-refractivity contribution >= 4 is 17.6 Å². The van der Waals surface area contributed by atoms with E-state index in [2.05, 4.69) is 20.9 Å². The van der Waals surface area contributed by atoms with E-state index in [0.717, 1.165) is 6.42 Å². The Bertz CT molecular complexity index is 682. The van der Waals surface area contributed by atoms with Gasteiger partial charge in [0.1, 0.15) is 17.3 Å². The molecule has 156 valence electrons. The van der Waals surface area contributed by atoms with Gasteiger partial charge in [-0.2, -0.15) is 0 Å². The molecule has 1 aromatic rings. The lowest BCUT2D eigenvalue weighted by molar-refractivity contribution is -0.128. The van der Waals surface area contributed by atoms with Crippen molar-refractivity contribution in [2.75, 3.05) is 37.6 Å². The molecule has 0 radical (unpaired) electrons. The SMILES string of the molecule is CCNC(=NCCNC(=O)C(C)(C)C)NC1CCN(c2c(F)cccc2F)C1. The number of nitrogens with one attached hydrogen (secondary N) is 3. The van der Waals surface area contributed by atoms with Crippen LogP contribution >= 0.6 is 0 Å². The highest BCUT2D eigenvalue weighted by Crippen LogP contribution is 2.26. The number of rotatable bonds is 6. The minimum absolute atomic E-state index is 0.0148. The van der Waals surface area contributed by atoms with Gasteiger partial charge in [0.15, 0.2) is 5.96 Å². The lowest BCUT2D eigenvalue weighted by atomic mass is 9.96. The molecule has 3 N–H and O–H groups in total. The maximum atomic E-state index is 14.0. The number of halogens is 2. The van der Waals surface area contributed by atoms with E-state index >= 15 is 0 Å². The Morgan fingerprint density at radius 1 is 1.25 bits per heavy atom. The Labute approximate surface area is 165 Å². The summed E-state index contributed by atoms with van der Waals surface area (Å²) in [6.07, 6.45) is 0.749. The molecule has 8 heteroatoms. The van der Waals surface area contributed by atoms with Crippen LogP contribution in [-0.2, 0) is 4.79 Å². The minimum Gasteiger partial charge on any atom is -0.365 e. The standard InChI is InChI=1S/C20H31F2N5O/c1-5-23-19(25-11-10-24-18(28)20(2,3)4)26-14-9-12-27(13-14)17-15(21)7-6-8-16(17)22/h6-8,14H,5,9-13H2,1-4H3,(H,24,28)(H2,23,25,26). The molecule has 1 unspecified atom stereocenters. The van der Waals surface area contributed by atoms with Gasteiger partial charge in [-0.15, -0.1) is 0 Å². The van der Waals surface area contributed by atoms with E-state index in [1.165, 1.54) is 18.2 Å². The summed E-state index contributed by atoms with van der Waals surface area (Å²) < 4.78 is 28.0. The van der Waals surface area contributed by atoms with E-state index in [1.54, 1.807) is 4.90 Å². The molecule has 28 heavy (non-hydrogen) atoms. The Morgan fingerprint density at radius 3 is 2.54 bits per heavy atom. The number of carbonyl (C=O) groups excluding carboxylic acids is 1. The maximum absolute atomic E-state index is 14.0. The Hall–Kier alpha value is -2.38. The molecule has 0 spiro atoms. The van der Waals surface area contributed by atoms with Crippen molar-refractivity contribution in [2.45, 2.75) is 40.2 Å². The van der Waals surface area contributed by atoms with Crippen molar-refractivity contribution < 1.29 is 13.6 Å². The molecule has 1 amide bonds. The normalized spacial score (nSPS) is 17.6. The van der Waals surface area contributed by atoms with Gasteiger partial charge in [0.05, 0.1) is 6.54 Å². The molecule has 1 aliphatic heterocycles. The summed E-state index contributed by atoms with van der Waals surface area (Å²) in [7, 11) is 0. The third kappa shape index (κ3) is 6.07. The zero-order valence-corrected chi connectivity index (χ0v) is 17.1. The molecule has 0 saturated carbocycles. The van der Waals surface area contributed by atoms with Crippen LogP contribution in [0.25, 0.3) is 0 Å². The number of hydrogen-bond donors (Lipinski definition) is 3. The van der Waals surface area contributed by atoms with E-state index in [-0.39, 0.29) is 17.6 Å². The summed E-state index contributed by atoms with van der Waals surface area (Å²) in [5.41, 5.74) is -0.402.